The standard InChI is InChI=1S/C20H18IN5OS/c1-11-24-25-20-16(10-18(22)28)23-19(12-3-5-13(21)6-4-12)15-9-14(27-2)7-8-17(15)26(11)20/h3-9,16H,10H2,1-2H3,(H2,22,28)/t16-/m0/s1. The van der Waals surface area contributed by atoms with Crippen LogP contribution in [0.15, 0.2) is 47.5 Å². The molecule has 1 aliphatic heterocycles. The molecule has 3 aromatic rings. The van der Waals surface area contributed by atoms with E-state index in [0.29, 0.717) is 11.4 Å². The quantitative estimate of drug-likeness (QED) is 0.434. The summed E-state index contributed by atoms with van der Waals surface area (Å²) in [5.74, 6) is 2.28. The first-order chi connectivity index (χ1) is 13.5. The van der Waals surface area contributed by atoms with E-state index < -0.39 is 0 Å². The van der Waals surface area contributed by atoms with Crippen LogP contribution in [0.1, 0.15) is 35.2 Å². The molecule has 6 nitrogen and oxygen atoms in total. The molecule has 0 saturated heterocycles. The van der Waals surface area contributed by atoms with Crippen LogP contribution in [0.2, 0.25) is 0 Å². The third-order valence-electron chi connectivity index (χ3n) is 4.64. The fraction of sp³-hybridized carbons (Fsp3) is 0.200. The van der Waals surface area contributed by atoms with Gasteiger partial charge < -0.3 is 10.5 Å². The zero-order chi connectivity index (χ0) is 19.8. The molecule has 2 N–H and O–H groups in total. The molecule has 1 aromatic heterocycles. The average molecular weight is 503 g/mol. The Balaban J connectivity index is 2.02. The van der Waals surface area contributed by atoms with E-state index in [4.69, 9.17) is 27.7 Å². The molecule has 8 heteroatoms. The summed E-state index contributed by atoms with van der Waals surface area (Å²) in [6, 6.07) is 13.9. The van der Waals surface area contributed by atoms with Gasteiger partial charge in [-0.2, -0.15) is 0 Å². The number of hydrogen-bond acceptors (Lipinski definition) is 5. The Bertz CT molecular complexity index is 1090. The van der Waals surface area contributed by atoms with E-state index in [1.54, 1.807) is 7.11 Å². The maximum absolute atomic E-state index is 5.88. The summed E-state index contributed by atoms with van der Waals surface area (Å²) in [6.07, 6.45) is 0.423. The summed E-state index contributed by atoms with van der Waals surface area (Å²) in [4.78, 5) is 5.45. The Hall–Kier alpha value is -2.33. The molecule has 0 radical (unpaired) electrons. The van der Waals surface area contributed by atoms with Gasteiger partial charge in [0.2, 0.25) is 0 Å². The number of aromatic nitrogens is 3. The molecule has 0 amide bonds. The first-order valence-electron chi connectivity index (χ1n) is 8.70. The number of halogens is 1. The lowest BCUT2D eigenvalue weighted by Gasteiger charge is -2.14. The normalized spacial score (nSPS) is 15.2. The molecular weight excluding hydrogens is 485 g/mol. The van der Waals surface area contributed by atoms with E-state index in [-0.39, 0.29) is 6.04 Å². The summed E-state index contributed by atoms with van der Waals surface area (Å²) >= 11 is 7.48. The minimum Gasteiger partial charge on any atom is -0.497 e. The number of nitrogens with zero attached hydrogens (tertiary/aromatic N) is 4. The SMILES string of the molecule is COc1ccc2c(c1)C(c1ccc(I)cc1)=N[C@@H](CC(N)=S)c1nnc(C)n1-2. The molecule has 0 bridgehead atoms. The molecular formula is C20H18IN5OS. The van der Waals surface area contributed by atoms with Crippen molar-refractivity contribution in [2.75, 3.05) is 7.11 Å². The molecule has 4 rings (SSSR count). The first-order valence-corrected chi connectivity index (χ1v) is 10.2. The van der Waals surface area contributed by atoms with Gasteiger partial charge in [0.15, 0.2) is 5.82 Å². The van der Waals surface area contributed by atoms with Crippen LogP contribution in [-0.2, 0) is 0 Å². The molecule has 0 aliphatic carbocycles. The van der Waals surface area contributed by atoms with Gasteiger partial charge in [-0.15, -0.1) is 10.2 Å². The van der Waals surface area contributed by atoms with Crippen LogP contribution in [0.3, 0.4) is 0 Å². The highest BCUT2D eigenvalue weighted by molar-refractivity contribution is 14.1. The van der Waals surface area contributed by atoms with Crippen molar-refractivity contribution in [3.63, 3.8) is 0 Å². The highest BCUT2D eigenvalue weighted by Crippen LogP contribution is 2.34. The molecule has 0 fully saturated rings. The van der Waals surface area contributed by atoms with E-state index in [1.807, 2.05) is 29.7 Å². The number of hydrogen-bond donors (Lipinski definition) is 1. The first kappa shape index (κ1) is 19.0. The number of methoxy groups -OCH3 is 1. The maximum atomic E-state index is 5.88. The lowest BCUT2D eigenvalue weighted by molar-refractivity contribution is 0.414. The summed E-state index contributed by atoms with van der Waals surface area (Å²) in [5.41, 5.74) is 9.66. The summed E-state index contributed by atoms with van der Waals surface area (Å²) < 4.78 is 8.67. The minimum atomic E-state index is -0.314. The highest BCUT2D eigenvalue weighted by Gasteiger charge is 2.28. The second kappa shape index (κ2) is 7.59. The van der Waals surface area contributed by atoms with Gasteiger partial charge in [0.05, 0.1) is 23.5 Å². The molecule has 1 aliphatic rings. The van der Waals surface area contributed by atoms with Crippen LogP contribution >= 0.6 is 34.8 Å². The van der Waals surface area contributed by atoms with Gasteiger partial charge >= 0.3 is 0 Å². The third kappa shape index (κ3) is 3.42. The van der Waals surface area contributed by atoms with Crippen LogP contribution in [0, 0.1) is 10.5 Å². The highest BCUT2D eigenvalue weighted by atomic mass is 127. The van der Waals surface area contributed by atoms with Crippen molar-refractivity contribution in [1.82, 2.24) is 14.8 Å². The maximum Gasteiger partial charge on any atom is 0.162 e. The van der Waals surface area contributed by atoms with E-state index >= 15 is 0 Å². The Labute approximate surface area is 182 Å². The van der Waals surface area contributed by atoms with Gasteiger partial charge in [0.25, 0.3) is 0 Å². The number of thiocarbonyl (C=S) groups is 1. The average Bonchev–Trinajstić information content (AvgIpc) is 3.00. The molecule has 0 spiro atoms. The zero-order valence-corrected chi connectivity index (χ0v) is 18.4. The lowest BCUT2D eigenvalue weighted by atomic mass is 10.00. The van der Waals surface area contributed by atoms with Crippen molar-refractivity contribution in [3.05, 3.63) is 68.8 Å². The minimum absolute atomic E-state index is 0.314. The van der Waals surface area contributed by atoms with Crippen molar-refractivity contribution in [2.24, 2.45) is 10.7 Å². The number of nitrogens with two attached hydrogens (primary N) is 1. The fourth-order valence-electron chi connectivity index (χ4n) is 3.37. The number of aryl methyl sites for hydroxylation is 1. The number of rotatable bonds is 4. The van der Waals surface area contributed by atoms with E-state index in [0.717, 1.165) is 43.5 Å². The van der Waals surface area contributed by atoms with Crippen molar-refractivity contribution < 1.29 is 4.74 Å². The van der Waals surface area contributed by atoms with Crippen molar-refractivity contribution in [1.29, 1.82) is 0 Å². The van der Waals surface area contributed by atoms with E-state index in [9.17, 15) is 0 Å². The number of ether oxygens (including phenoxy) is 1. The van der Waals surface area contributed by atoms with Gasteiger partial charge in [-0.3, -0.25) is 9.56 Å². The summed E-state index contributed by atoms with van der Waals surface area (Å²) in [7, 11) is 1.66. The predicted octanol–water partition coefficient (Wildman–Crippen LogP) is 3.76. The summed E-state index contributed by atoms with van der Waals surface area (Å²) in [6.45, 7) is 1.93. The van der Waals surface area contributed by atoms with Gasteiger partial charge in [-0.25, -0.2) is 0 Å². The van der Waals surface area contributed by atoms with Crippen LogP contribution in [0.5, 0.6) is 5.75 Å². The predicted molar refractivity (Wildman–Crippen MR) is 122 cm³/mol. The zero-order valence-electron chi connectivity index (χ0n) is 15.4. The molecule has 0 unspecified atom stereocenters. The number of fused-ring (bicyclic) bond motifs is 3. The molecule has 2 aromatic carbocycles. The summed E-state index contributed by atoms with van der Waals surface area (Å²) in [5, 5.41) is 8.67. The molecule has 2 heterocycles. The second-order valence-corrected chi connectivity index (χ2v) is 8.26. The Morgan fingerprint density at radius 1 is 1.21 bits per heavy atom. The Kier molecular flexibility index (Phi) is 5.15. The molecule has 142 valence electrons. The topological polar surface area (TPSA) is 78.3 Å². The van der Waals surface area contributed by atoms with Crippen molar-refractivity contribution in [3.8, 4) is 11.4 Å². The van der Waals surface area contributed by atoms with Gasteiger partial charge in [0.1, 0.15) is 17.6 Å². The third-order valence-corrected chi connectivity index (χ3v) is 5.53. The molecule has 1 atom stereocenters. The second-order valence-electron chi connectivity index (χ2n) is 6.49. The van der Waals surface area contributed by atoms with Crippen molar-refractivity contribution in [2.45, 2.75) is 19.4 Å². The Morgan fingerprint density at radius 3 is 2.64 bits per heavy atom. The van der Waals surface area contributed by atoms with Crippen LogP contribution in [0.4, 0.5) is 0 Å². The number of benzene rings is 2. The van der Waals surface area contributed by atoms with E-state index in [1.165, 1.54) is 0 Å². The van der Waals surface area contributed by atoms with E-state index in [2.05, 4.69) is 57.1 Å². The number of aliphatic imine (C=N–C) groups is 1. The van der Waals surface area contributed by atoms with Crippen molar-refractivity contribution >= 4 is 45.5 Å². The van der Waals surface area contributed by atoms with Gasteiger partial charge in [0, 0.05) is 21.1 Å². The Morgan fingerprint density at radius 2 is 1.96 bits per heavy atom. The van der Waals surface area contributed by atoms with Crippen LogP contribution < -0.4 is 10.5 Å². The smallest absolute Gasteiger partial charge is 0.162 e. The van der Waals surface area contributed by atoms with Crippen LogP contribution in [-0.4, -0.2) is 32.6 Å². The van der Waals surface area contributed by atoms with Gasteiger partial charge in [-0.05, 0) is 59.8 Å². The lowest BCUT2D eigenvalue weighted by Crippen LogP contribution is -2.15. The van der Waals surface area contributed by atoms with Crippen LogP contribution in [0.25, 0.3) is 5.69 Å². The largest absolute Gasteiger partial charge is 0.497 e. The monoisotopic (exact) mass is 503 g/mol. The molecule has 0 saturated carbocycles. The van der Waals surface area contributed by atoms with Gasteiger partial charge in [-0.1, -0.05) is 24.4 Å². The fourth-order valence-corrected chi connectivity index (χ4v) is 3.88. The molecule has 28 heavy (non-hydrogen) atoms.